The Balaban J connectivity index is 1.50. The number of halogens is 2. The van der Waals surface area contributed by atoms with Crippen molar-refractivity contribution in [3.63, 3.8) is 0 Å². The largest absolute Gasteiger partial charge is 0.475 e. The zero-order chi connectivity index (χ0) is 27.7. The highest BCUT2D eigenvalue weighted by atomic mass is 35.5. The van der Waals surface area contributed by atoms with E-state index in [1.807, 2.05) is 62.4 Å². The third kappa shape index (κ3) is 5.70. The SMILES string of the molecule is CN1C(=O)C(NC(=O)CCc2ccc(Cl)cc2Cl)N=C(c2ccccc2C2=NC(C)(C)CO2)c2ccccc21. The molecule has 9 heteroatoms. The molecule has 0 aromatic heterocycles. The lowest BCUT2D eigenvalue weighted by molar-refractivity contribution is -0.127. The third-order valence-electron chi connectivity index (χ3n) is 6.66. The second kappa shape index (κ2) is 10.8. The number of aryl methyl sites for hydroxylation is 1. The number of benzene rings is 3. The first-order valence-corrected chi connectivity index (χ1v) is 13.4. The van der Waals surface area contributed by atoms with Crippen molar-refractivity contribution in [3.8, 4) is 0 Å². The van der Waals surface area contributed by atoms with E-state index in [2.05, 4.69) is 5.32 Å². The van der Waals surface area contributed by atoms with Crippen molar-refractivity contribution in [2.24, 2.45) is 9.98 Å². The lowest BCUT2D eigenvalue weighted by Gasteiger charge is -2.21. The Labute approximate surface area is 237 Å². The number of para-hydroxylation sites is 1. The van der Waals surface area contributed by atoms with Gasteiger partial charge in [-0.25, -0.2) is 9.98 Å². The van der Waals surface area contributed by atoms with Crippen molar-refractivity contribution in [1.82, 2.24) is 5.32 Å². The molecule has 2 aliphatic rings. The molecule has 0 bridgehead atoms. The summed E-state index contributed by atoms with van der Waals surface area (Å²) in [5.74, 6) is -0.135. The van der Waals surface area contributed by atoms with E-state index in [1.54, 1.807) is 25.2 Å². The first-order chi connectivity index (χ1) is 18.6. The van der Waals surface area contributed by atoms with Crippen LogP contribution >= 0.6 is 23.2 Å². The van der Waals surface area contributed by atoms with Crippen molar-refractivity contribution in [2.75, 3.05) is 18.6 Å². The lowest BCUT2D eigenvalue weighted by atomic mass is 9.96. The van der Waals surface area contributed by atoms with Crippen LogP contribution in [0.5, 0.6) is 0 Å². The van der Waals surface area contributed by atoms with Gasteiger partial charge in [-0.05, 0) is 50.1 Å². The monoisotopic (exact) mass is 562 g/mol. The van der Waals surface area contributed by atoms with Gasteiger partial charge in [-0.15, -0.1) is 0 Å². The van der Waals surface area contributed by atoms with Crippen LogP contribution in [0.4, 0.5) is 5.69 Å². The van der Waals surface area contributed by atoms with Crippen LogP contribution in [0.25, 0.3) is 0 Å². The summed E-state index contributed by atoms with van der Waals surface area (Å²) in [4.78, 5) is 37.7. The predicted molar refractivity (Wildman–Crippen MR) is 155 cm³/mol. The van der Waals surface area contributed by atoms with Gasteiger partial charge in [0.1, 0.15) is 6.61 Å². The van der Waals surface area contributed by atoms with Crippen LogP contribution in [0.15, 0.2) is 76.7 Å². The fourth-order valence-corrected chi connectivity index (χ4v) is 5.13. The van der Waals surface area contributed by atoms with Gasteiger partial charge in [0.25, 0.3) is 5.91 Å². The van der Waals surface area contributed by atoms with E-state index in [0.717, 1.165) is 22.3 Å². The van der Waals surface area contributed by atoms with E-state index in [9.17, 15) is 9.59 Å². The van der Waals surface area contributed by atoms with Crippen molar-refractivity contribution in [2.45, 2.75) is 38.4 Å². The molecule has 0 fully saturated rings. The van der Waals surface area contributed by atoms with Crippen molar-refractivity contribution in [1.29, 1.82) is 0 Å². The van der Waals surface area contributed by atoms with Crippen LogP contribution in [-0.4, -0.2) is 48.8 Å². The van der Waals surface area contributed by atoms with Gasteiger partial charge in [0.05, 0.1) is 16.9 Å². The molecule has 1 N–H and O–H groups in total. The number of benzodiazepines with no additional fused rings is 1. The van der Waals surface area contributed by atoms with Crippen molar-refractivity contribution in [3.05, 3.63) is 99.0 Å². The van der Waals surface area contributed by atoms with Crippen LogP contribution in [0.1, 0.15) is 42.5 Å². The quantitative estimate of drug-likeness (QED) is 0.434. The maximum absolute atomic E-state index is 13.5. The van der Waals surface area contributed by atoms with Crippen molar-refractivity contribution < 1.29 is 14.3 Å². The van der Waals surface area contributed by atoms with Gasteiger partial charge >= 0.3 is 0 Å². The molecule has 0 aliphatic carbocycles. The number of rotatable bonds is 6. The standard InChI is InChI=1S/C30H28Cl2N4O3/c1-30(2)17-39-28(35-30)21-9-5-4-8-20(21)26-22-10-6-7-11-24(22)36(3)29(38)27(34-26)33-25(37)15-13-18-12-14-19(31)16-23(18)32/h4-12,14,16,27H,13,15,17H2,1-3H3,(H,33,37). The Hall–Kier alpha value is -3.68. The Morgan fingerprint density at radius 1 is 1.05 bits per heavy atom. The highest BCUT2D eigenvalue weighted by Crippen LogP contribution is 2.30. The molecule has 0 saturated heterocycles. The molecule has 2 heterocycles. The van der Waals surface area contributed by atoms with E-state index in [1.165, 1.54) is 4.90 Å². The van der Waals surface area contributed by atoms with E-state index < -0.39 is 6.17 Å². The number of amides is 2. The minimum Gasteiger partial charge on any atom is -0.475 e. The number of aliphatic imine (C=N–C) groups is 2. The predicted octanol–water partition coefficient (Wildman–Crippen LogP) is 5.44. The zero-order valence-electron chi connectivity index (χ0n) is 21.9. The van der Waals surface area contributed by atoms with E-state index in [-0.39, 0.29) is 23.8 Å². The number of nitrogens with zero attached hydrogens (tertiary/aromatic N) is 3. The number of anilines is 1. The number of carbonyl (C=O) groups excluding carboxylic acids is 2. The van der Waals surface area contributed by atoms with Crippen LogP contribution < -0.4 is 10.2 Å². The van der Waals surface area contributed by atoms with Gasteiger partial charge in [0.2, 0.25) is 18.0 Å². The Morgan fingerprint density at radius 3 is 2.44 bits per heavy atom. The number of hydrogen-bond acceptors (Lipinski definition) is 5. The second-order valence-electron chi connectivity index (χ2n) is 10.2. The molecule has 1 unspecified atom stereocenters. The summed E-state index contributed by atoms with van der Waals surface area (Å²) in [7, 11) is 1.69. The zero-order valence-corrected chi connectivity index (χ0v) is 23.4. The molecule has 1 atom stereocenters. The van der Waals surface area contributed by atoms with Crippen molar-refractivity contribution >= 4 is 52.3 Å². The van der Waals surface area contributed by atoms with Gasteiger partial charge in [0, 0.05) is 40.2 Å². The van der Waals surface area contributed by atoms with Gasteiger partial charge < -0.3 is 15.0 Å². The molecule has 200 valence electrons. The van der Waals surface area contributed by atoms with E-state index in [4.69, 9.17) is 37.9 Å². The number of fused-ring (bicyclic) bond motifs is 1. The van der Waals surface area contributed by atoms with Gasteiger partial charge in [0.15, 0.2) is 0 Å². The Morgan fingerprint density at radius 2 is 1.74 bits per heavy atom. The first kappa shape index (κ1) is 26.9. The molecule has 5 rings (SSSR count). The normalized spacial score (nSPS) is 18.0. The smallest absolute Gasteiger partial charge is 0.272 e. The maximum atomic E-state index is 13.5. The van der Waals surface area contributed by atoms with E-state index in [0.29, 0.717) is 40.4 Å². The molecule has 2 amide bonds. The highest BCUT2D eigenvalue weighted by molar-refractivity contribution is 6.35. The Kier molecular flexibility index (Phi) is 7.47. The first-order valence-electron chi connectivity index (χ1n) is 12.6. The van der Waals surface area contributed by atoms with Crippen LogP contribution in [0.2, 0.25) is 10.0 Å². The number of likely N-dealkylation sites (N-methyl/N-ethyl adjacent to an activating group) is 1. The summed E-state index contributed by atoms with van der Waals surface area (Å²) < 4.78 is 5.96. The highest BCUT2D eigenvalue weighted by Gasteiger charge is 2.33. The fraction of sp³-hybridized carbons (Fsp3) is 0.267. The van der Waals surface area contributed by atoms with Crippen LogP contribution in [0, 0.1) is 0 Å². The molecule has 2 aliphatic heterocycles. The average Bonchev–Trinajstić information content (AvgIpc) is 3.24. The average molecular weight is 563 g/mol. The topological polar surface area (TPSA) is 83.4 Å². The number of carbonyl (C=O) groups is 2. The van der Waals surface area contributed by atoms with Gasteiger partial charge in [-0.2, -0.15) is 0 Å². The molecule has 7 nitrogen and oxygen atoms in total. The lowest BCUT2D eigenvalue weighted by Crippen LogP contribution is -2.46. The minimum atomic E-state index is -1.12. The summed E-state index contributed by atoms with van der Waals surface area (Å²) in [6.07, 6.45) is -0.602. The number of nitrogens with one attached hydrogen (secondary N) is 1. The summed E-state index contributed by atoms with van der Waals surface area (Å²) >= 11 is 12.3. The van der Waals surface area contributed by atoms with Gasteiger partial charge in [-0.1, -0.05) is 65.7 Å². The maximum Gasteiger partial charge on any atom is 0.272 e. The third-order valence-corrected chi connectivity index (χ3v) is 7.24. The molecule has 0 saturated carbocycles. The fourth-order valence-electron chi connectivity index (χ4n) is 4.63. The Bertz CT molecular complexity index is 1520. The molecule has 39 heavy (non-hydrogen) atoms. The number of hydrogen-bond donors (Lipinski definition) is 1. The summed E-state index contributed by atoms with van der Waals surface area (Å²) in [6, 6.07) is 20.4. The van der Waals surface area contributed by atoms with E-state index >= 15 is 0 Å². The molecular weight excluding hydrogens is 535 g/mol. The van der Waals surface area contributed by atoms with Crippen LogP contribution in [-0.2, 0) is 20.7 Å². The molecular formula is C30H28Cl2N4O3. The molecule has 3 aromatic rings. The van der Waals surface area contributed by atoms with Gasteiger partial charge in [-0.3, -0.25) is 9.59 Å². The molecule has 3 aromatic carbocycles. The summed E-state index contributed by atoms with van der Waals surface area (Å²) in [6.45, 7) is 4.49. The van der Waals surface area contributed by atoms with Crippen LogP contribution in [0.3, 0.4) is 0 Å². The molecule has 0 spiro atoms. The minimum absolute atomic E-state index is 0.128. The summed E-state index contributed by atoms with van der Waals surface area (Å²) in [5.41, 5.74) is 4.02. The second-order valence-corrected chi connectivity index (χ2v) is 11.0. The molecule has 0 radical (unpaired) electrons. The summed E-state index contributed by atoms with van der Waals surface area (Å²) in [5, 5.41) is 3.85. The number of ether oxygens (including phenoxy) is 1.